The van der Waals surface area contributed by atoms with Crippen molar-refractivity contribution in [1.29, 1.82) is 0 Å². The van der Waals surface area contributed by atoms with Gasteiger partial charge in [-0.15, -0.1) is 0 Å². The summed E-state index contributed by atoms with van der Waals surface area (Å²) in [5, 5.41) is 0. The lowest BCUT2D eigenvalue weighted by Crippen LogP contribution is -1.96. The zero-order valence-corrected chi connectivity index (χ0v) is 12.9. The van der Waals surface area contributed by atoms with Crippen LogP contribution in [0.15, 0.2) is 40.9 Å². The smallest absolute Gasteiger partial charge is 0.141 e. The number of benzene rings is 2. The van der Waals surface area contributed by atoms with Gasteiger partial charge in [-0.2, -0.15) is 0 Å². The van der Waals surface area contributed by atoms with Crippen LogP contribution >= 0.6 is 15.9 Å². The van der Waals surface area contributed by atoms with Crippen LogP contribution in [0.3, 0.4) is 0 Å². The monoisotopic (exact) mass is 337 g/mol. The second-order valence-corrected chi connectivity index (χ2v) is 4.97. The second kappa shape index (κ2) is 6.63. The van der Waals surface area contributed by atoms with Crippen molar-refractivity contribution in [2.24, 2.45) is 5.73 Å². The molecule has 0 aliphatic carbocycles. The van der Waals surface area contributed by atoms with Gasteiger partial charge in [-0.1, -0.05) is 6.07 Å². The largest absolute Gasteiger partial charge is 0.496 e. The van der Waals surface area contributed by atoms with E-state index in [1.165, 1.54) is 0 Å². The van der Waals surface area contributed by atoms with Gasteiger partial charge in [0, 0.05) is 24.7 Å². The fourth-order valence-electron chi connectivity index (χ4n) is 1.72. The van der Waals surface area contributed by atoms with Crippen molar-refractivity contribution in [2.75, 3.05) is 14.2 Å². The Morgan fingerprint density at radius 3 is 2.05 bits per heavy atom. The van der Waals surface area contributed by atoms with Gasteiger partial charge in [0.2, 0.25) is 0 Å². The molecular weight excluding hydrogens is 322 g/mol. The number of rotatable bonds is 5. The topological polar surface area (TPSA) is 53.7 Å². The number of hydrogen-bond acceptors (Lipinski definition) is 4. The van der Waals surface area contributed by atoms with E-state index in [-0.39, 0.29) is 0 Å². The van der Waals surface area contributed by atoms with E-state index < -0.39 is 0 Å². The molecule has 0 saturated carbocycles. The van der Waals surface area contributed by atoms with E-state index in [0.717, 1.165) is 10.0 Å². The average Bonchev–Trinajstić information content (AvgIpc) is 2.48. The van der Waals surface area contributed by atoms with Crippen molar-refractivity contribution in [1.82, 2.24) is 0 Å². The van der Waals surface area contributed by atoms with E-state index in [1.807, 2.05) is 18.2 Å². The van der Waals surface area contributed by atoms with Crippen molar-refractivity contribution in [2.45, 2.75) is 6.54 Å². The van der Waals surface area contributed by atoms with Crippen molar-refractivity contribution in [3.63, 3.8) is 0 Å². The number of halogens is 1. The molecule has 0 aliphatic heterocycles. The summed E-state index contributed by atoms with van der Waals surface area (Å²) in [4.78, 5) is 0. The van der Waals surface area contributed by atoms with Crippen LogP contribution in [-0.4, -0.2) is 14.2 Å². The van der Waals surface area contributed by atoms with Crippen LogP contribution in [-0.2, 0) is 6.54 Å². The summed E-state index contributed by atoms with van der Waals surface area (Å²) in [7, 11) is 3.20. The van der Waals surface area contributed by atoms with Crippen molar-refractivity contribution in [3.8, 4) is 23.0 Å². The minimum absolute atomic E-state index is 0.492. The minimum Gasteiger partial charge on any atom is -0.496 e. The molecule has 2 rings (SSSR count). The maximum absolute atomic E-state index is 5.85. The standard InChI is InChI=1S/C15H16BrNO3/c1-18-11-6-12(19-2)8-13(7-11)20-15-4-3-10(9-17)5-14(15)16/h3-8H,9,17H2,1-2H3. The first kappa shape index (κ1) is 14.7. The molecule has 0 heterocycles. The number of ether oxygens (including phenoxy) is 3. The third-order valence-corrected chi connectivity index (χ3v) is 3.40. The molecule has 0 saturated heterocycles. The molecule has 0 radical (unpaired) electrons. The predicted molar refractivity (Wildman–Crippen MR) is 81.7 cm³/mol. The molecule has 0 bridgehead atoms. The Hall–Kier alpha value is -1.72. The Balaban J connectivity index is 2.29. The van der Waals surface area contributed by atoms with Crippen LogP contribution in [0, 0.1) is 0 Å². The van der Waals surface area contributed by atoms with Crippen LogP contribution in [0.1, 0.15) is 5.56 Å². The molecule has 0 fully saturated rings. The lowest BCUT2D eigenvalue weighted by molar-refractivity contribution is 0.386. The summed E-state index contributed by atoms with van der Waals surface area (Å²) in [6.45, 7) is 0.492. The normalized spacial score (nSPS) is 10.2. The molecule has 5 heteroatoms. The maximum Gasteiger partial charge on any atom is 0.141 e. The van der Waals surface area contributed by atoms with E-state index in [4.69, 9.17) is 19.9 Å². The second-order valence-electron chi connectivity index (χ2n) is 4.12. The molecule has 106 valence electrons. The van der Waals surface area contributed by atoms with Crippen LogP contribution < -0.4 is 19.9 Å². The molecule has 0 unspecified atom stereocenters. The minimum atomic E-state index is 0.492. The van der Waals surface area contributed by atoms with E-state index in [2.05, 4.69) is 15.9 Å². The molecule has 2 aromatic rings. The highest BCUT2D eigenvalue weighted by Crippen LogP contribution is 2.34. The fraction of sp³-hybridized carbons (Fsp3) is 0.200. The lowest BCUT2D eigenvalue weighted by Gasteiger charge is -2.11. The maximum atomic E-state index is 5.85. The van der Waals surface area contributed by atoms with Crippen molar-refractivity contribution in [3.05, 3.63) is 46.4 Å². The van der Waals surface area contributed by atoms with Gasteiger partial charge in [0.05, 0.1) is 18.7 Å². The quantitative estimate of drug-likeness (QED) is 0.903. The SMILES string of the molecule is COc1cc(OC)cc(Oc2ccc(CN)cc2Br)c1. The highest BCUT2D eigenvalue weighted by molar-refractivity contribution is 9.10. The Bertz CT molecular complexity index is 579. The van der Waals surface area contributed by atoms with Gasteiger partial charge in [-0.05, 0) is 33.6 Å². The summed E-state index contributed by atoms with van der Waals surface area (Å²) in [5.41, 5.74) is 6.64. The Morgan fingerprint density at radius 1 is 0.950 bits per heavy atom. The van der Waals surface area contributed by atoms with E-state index in [9.17, 15) is 0 Å². The van der Waals surface area contributed by atoms with Gasteiger partial charge in [0.1, 0.15) is 23.0 Å². The fourth-order valence-corrected chi connectivity index (χ4v) is 2.23. The van der Waals surface area contributed by atoms with Gasteiger partial charge in [0.25, 0.3) is 0 Å². The molecule has 2 aromatic carbocycles. The zero-order valence-electron chi connectivity index (χ0n) is 11.4. The Kier molecular flexibility index (Phi) is 4.87. The van der Waals surface area contributed by atoms with Gasteiger partial charge in [-0.3, -0.25) is 0 Å². The first-order valence-electron chi connectivity index (χ1n) is 6.05. The summed E-state index contributed by atoms with van der Waals surface area (Å²) >= 11 is 3.47. The van der Waals surface area contributed by atoms with Crippen LogP contribution in [0.5, 0.6) is 23.0 Å². The van der Waals surface area contributed by atoms with E-state index >= 15 is 0 Å². The number of methoxy groups -OCH3 is 2. The highest BCUT2D eigenvalue weighted by atomic mass is 79.9. The molecule has 0 aliphatic rings. The number of hydrogen-bond donors (Lipinski definition) is 1. The Morgan fingerprint density at radius 2 is 1.55 bits per heavy atom. The predicted octanol–water partition coefficient (Wildman–Crippen LogP) is 3.72. The zero-order chi connectivity index (χ0) is 14.5. The van der Waals surface area contributed by atoms with Gasteiger partial charge < -0.3 is 19.9 Å². The molecule has 0 spiro atoms. The Labute approximate surface area is 126 Å². The summed E-state index contributed by atoms with van der Waals surface area (Å²) in [6, 6.07) is 11.1. The lowest BCUT2D eigenvalue weighted by atomic mass is 10.2. The molecule has 2 N–H and O–H groups in total. The van der Waals surface area contributed by atoms with Gasteiger partial charge in [0.15, 0.2) is 0 Å². The van der Waals surface area contributed by atoms with E-state index in [1.54, 1.807) is 32.4 Å². The van der Waals surface area contributed by atoms with Crippen LogP contribution in [0.25, 0.3) is 0 Å². The van der Waals surface area contributed by atoms with Crippen molar-refractivity contribution >= 4 is 15.9 Å². The van der Waals surface area contributed by atoms with Gasteiger partial charge in [-0.25, -0.2) is 0 Å². The van der Waals surface area contributed by atoms with E-state index in [0.29, 0.717) is 29.5 Å². The summed E-state index contributed by atoms with van der Waals surface area (Å²) in [6.07, 6.45) is 0. The first-order chi connectivity index (χ1) is 9.66. The molecule has 0 aromatic heterocycles. The van der Waals surface area contributed by atoms with Crippen LogP contribution in [0.4, 0.5) is 0 Å². The highest BCUT2D eigenvalue weighted by Gasteiger charge is 2.07. The molecular formula is C15H16BrNO3. The summed E-state index contributed by atoms with van der Waals surface area (Å²) < 4.78 is 17.1. The summed E-state index contributed by atoms with van der Waals surface area (Å²) in [5.74, 6) is 2.70. The molecule has 20 heavy (non-hydrogen) atoms. The molecule has 0 atom stereocenters. The third-order valence-electron chi connectivity index (χ3n) is 2.78. The molecule has 4 nitrogen and oxygen atoms in total. The molecule has 0 amide bonds. The average molecular weight is 338 g/mol. The third kappa shape index (κ3) is 3.43. The van der Waals surface area contributed by atoms with Crippen molar-refractivity contribution < 1.29 is 14.2 Å². The van der Waals surface area contributed by atoms with Crippen LogP contribution in [0.2, 0.25) is 0 Å². The first-order valence-corrected chi connectivity index (χ1v) is 6.85. The van der Waals surface area contributed by atoms with Gasteiger partial charge >= 0.3 is 0 Å². The number of nitrogens with two attached hydrogens (primary N) is 1.